The Kier molecular flexibility index (Phi) is 4.53. The molecule has 76 valence electrons. The van der Waals surface area contributed by atoms with Crippen molar-refractivity contribution in [1.82, 2.24) is 0 Å². The van der Waals surface area contributed by atoms with Crippen molar-refractivity contribution in [2.24, 2.45) is 16.9 Å². The van der Waals surface area contributed by atoms with Crippen LogP contribution in [0, 0.1) is 5.92 Å². The molecule has 14 heavy (non-hydrogen) atoms. The molecule has 0 atom stereocenters. The molecule has 0 fully saturated rings. The number of benzene rings is 1. The summed E-state index contributed by atoms with van der Waals surface area (Å²) >= 11 is 1.71. The lowest BCUT2D eigenvalue weighted by molar-refractivity contribution is 0.752. The molecule has 0 heterocycles. The van der Waals surface area contributed by atoms with Crippen LogP contribution in [0.5, 0.6) is 0 Å². The molecule has 0 aliphatic rings. The van der Waals surface area contributed by atoms with Gasteiger partial charge in [0, 0.05) is 11.3 Å². The van der Waals surface area contributed by atoms with Gasteiger partial charge in [0.15, 0.2) is 0 Å². The van der Waals surface area contributed by atoms with Gasteiger partial charge in [-0.3, -0.25) is 0 Å². The fraction of sp³-hybridized carbons (Fsp3) is 0.364. The maximum absolute atomic E-state index is 5.36. The zero-order valence-electron chi connectivity index (χ0n) is 8.60. The first kappa shape index (κ1) is 11.1. The number of hydrogen-bond acceptors (Lipinski definition) is 3. The quantitative estimate of drug-likeness (QED) is 0.359. The summed E-state index contributed by atoms with van der Waals surface area (Å²) in [6.07, 6.45) is 0. The zero-order chi connectivity index (χ0) is 10.4. The predicted molar refractivity (Wildman–Crippen MR) is 64.5 cm³/mol. The summed E-state index contributed by atoms with van der Waals surface area (Å²) in [7, 11) is 0. The van der Waals surface area contributed by atoms with E-state index in [9.17, 15) is 0 Å². The van der Waals surface area contributed by atoms with E-state index in [0.717, 1.165) is 16.4 Å². The Balaban J connectivity index is 2.65. The van der Waals surface area contributed by atoms with Crippen molar-refractivity contribution in [2.75, 3.05) is 5.75 Å². The molecule has 0 amide bonds. The van der Waals surface area contributed by atoms with Gasteiger partial charge in [0.25, 0.3) is 0 Å². The summed E-state index contributed by atoms with van der Waals surface area (Å²) in [5.41, 5.74) is 1.10. The third-order valence-corrected chi connectivity index (χ3v) is 3.14. The van der Waals surface area contributed by atoms with Crippen molar-refractivity contribution in [1.29, 1.82) is 0 Å². The molecular weight excluding hydrogens is 192 g/mol. The van der Waals surface area contributed by atoms with E-state index in [4.69, 9.17) is 5.84 Å². The molecule has 2 nitrogen and oxygen atoms in total. The van der Waals surface area contributed by atoms with Crippen molar-refractivity contribution >= 4 is 16.8 Å². The standard InChI is InChI=1S/C11H16N2S/c1-9(2)8-14-11(13-12)10-6-4-3-5-7-10/h3-7,9H,8,12H2,1-2H3/b13-11-. The van der Waals surface area contributed by atoms with Gasteiger partial charge in [0.1, 0.15) is 5.04 Å². The number of nitrogens with two attached hydrogens (primary N) is 1. The second-order valence-electron chi connectivity index (χ2n) is 3.51. The van der Waals surface area contributed by atoms with Crippen LogP contribution >= 0.6 is 11.8 Å². The molecule has 1 aromatic rings. The Labute approximate surface area is 89.6 Å². The summed E-state index contributed by atoms with van der Waals surface area (Å²) < 4.78 is 0. The van der Waals surface area contributed by atoms with Gasteiger partial charge in [0.05, 0.1) is 0 Å². The smallest absolute Gasteiger partial charge is 0.123 e. The number of rotatable bonds is 3. The minimum Gasteiger partial charge on any atom is -0.322 e. The average Bonchev–Trinajstić information content (AvgIpc) is 2.20. The number of thioether (sulfide) groups is 1. The Morgan fingerprint density at radius 1 is 1.36 bits per heavy atom. The first-order valence-electron chi connectivity index (χ1n) is 4.70. The largest absolute Gasteiger partial charge is 0.322 e. The maximum atomic E-state index is 5.36. The fourth-order valence-corrected chi connectivity index (χ4v) is 1.89. The molecule has 0 unspecified atom stereocenters. The van der Waals surface area contributed by atoms with Gasteiger partial charge in [-0.15, -0.1) is 11.8 Å². The van der Waals surface area contributed by atoms with E-state index in [2.05, 4.69) is 18.9 Å². The molecule has 0 saturated heterocycles. The molecule has 3 heteroatoms. The second kappa shape index (κ2) is 5.70. The molecule has 1 aromatic carbocycles. The van der Waals surface area contributed by atoms with Crippen LogP contribution in [0.15, 0.2) is 35.4 Å². The minimum absolute atomic E-state index is 0.653. The topological polar surface area (TPSA) is 38.4 Å². The monoisotopic (exact) mass is 208 g/mol. The zero-order valence-corrected chi connectivity index (χ0v) is 9.42. The van der Waals surface area contributed by atoms with E-state index in [0.29, 0.717) is 5.92 Å². The third-order valence-electron chi connectivity index (χ3n) is 1.69. The van der Waals surface area contributed by atoms with Crippen molar-refractivity contribution in [3.63, 3.8) is 0 Å². The van der Waals surface area contributed by atoms with Crippen LogP contribution in [0.25, 0.3) is 0 Å². The molecule has 0 bridgehead atoms. The fourth-order valence-electron chi connectivity index (χ4n) is 1.02. The van der Waals surface area contributed by atoms with E-state index in [-0.39, 0.29) is 0 Å². The summed E-state index contributed by atoms with van der Waals surface area (Å²) in [4.78, 5) is 0. The summed E-state index contributed by atoms with van der Waals surface area (Å²) in [5, 5.41) is 4.73. The van der Waals surface area contributed by atoms with Crippen LogP contribution in [0.2, 0.25) is 0 Å². The molecule has 0 aromatic heterocycles. The first-order valence-corrected chi connectivity index (χ1v) is 5.68. The highest BCUT2D eigenvalue weighted by atomic mass is 32.2. The van der Waals surface area contributed by atoms with Crippen molar-refractivity contribution < 1.29 is 0 Å². The average molecular weight is 208 g/mol. The van der Waals surface area contributed by atoms with Gasteiger partial charge >= 0.3 is 0 Å². The lowest BCUT2D eigenvalue weighted by atomic mass is 10.2. The second-order valence-corrected chi connectivity index (χ2v) is 4.51. The van der Waals surface area contributed by atoms with Gasteiger partial charge in [-0.2, -0.15) is 5.10 Å². The van der Waals surface area contributed by atoms with Crippen molar-refractivity contribution in [2.45, 2.75) is 13.8 Å². The van der Waals surface area contributed by atoms with Crippen LogP contribution in [0.3, 0.4) is 0 Å². The third kappa shape index (κ3) is 3.42. The molecule has 0 aliphatic carbocycles. The SMILES string of the molecule is CC(C)CS/C(=N\N)c1ccccc1. The Morgan fingerprint density at radius 3 is 2.50 bits per heavy atom. The minimum atomic E-state index is 0.653. The lowest BCUT2D eigenvalue weighted by Crippen LogP contribution is -2.03. The molecule has 2 N–H and O–H groups in total. The summed E-state index contributed by atoms with van der Waals surface area (Å²) in [5.74, 6) is 7.06. The van der Waals surface area contributed by atoms with Gasteiger partial charge in [0.2, 0.25) is 0 Å². The molecule has 1 rings (SSSR count). The van der Waals surface area contributed by atoms with E-state index >= 15 is 0 Å². The summed E-state index contributed by atoms with van der Waals surface area (Å²) in [6, 6.07) is 10.0. The molecule has 0 spiro atoms. The molecule has 0 radical (unpaired) electrons. The van der Waals surface area contributed by atoms with Crippen LogP contribution in [-0.2, 0) is 0 Å². The van der Waals surface area contributed by atoms with Gasteiger partial charge in [-0.05, 0) is 5.92 Å². The van der Waals surface area contributed by atoms with Crippen LogP contribution in [-0.4, -0.2) is 10.8 Å². The van der Waals surface area contributed by atoms with Gasteiger partial charge in [-0.25, -0.2) is 0 Å². The van der Waals surface area contributed by atoms with E-state index in [1.54, 1.807) is 11.8 Å². The predicted octanol–water partition coefficient (Wildman–Crippen LogP) is 2.70. The first-order chi connectivity index (χ1) is 6.74. The Bertz CT molecular complexity index is 293. The number of hydrogen-bond donors (Lipinski definition) is 1. The van der Waals surface area contributed by atoms with E-state index < -0.39 is 0 Å². The molecule has 0 saturated carbocycles. The van der Waals surface area contributed by atoms with Crippen molar-refractivity contribution in [3.8, 4) is 0 Å². The number of nitrogens with zero attached hydrogens (tertiary/aromatic N) is 1. The Morgan fingerprint density at radius 2 is 2.00 bits per heavy atom. The van der Waals surface area contributed by atoms with Crippen molar-refractivity contribution in [3.05, 3.63) is 35.9 Å². The molecular formula is C11H16N2S. The highest BCUT2D eigenvalue weighted by molar-refractivity contribution is 8.14. The van der Waals surface area contributed by atoms with Gasteiger partial charge < -0.3 is 5.84 Å². The van der Waals surface area contributed by atoms with Crippen LogP contribution in [0.1, 0.15) is 19.4 Å². The highest BCUT2D eigenvalue weighted by Crippen LogP contribution is 2.15. The van der Waals surface area contributed by atoms with Crippen LogP contribution < -0.4 is 5.84 Å². The van der Waals surface area contributed by atoms with Crippen LogP contribution in [0.4, 0.5) is 0 Å². The summed E-state index contributed by atoms with van der Waals surface area (Å²) in [6.45, 7) is 4.37. The lowest BCUT2D eigenvalue weighted by Gasteiger charge is -2.06. The maximum Gasteiger partial charge on any atom is 0.123 e. The molecule has 0 aliphatic heterocycles. The highest BCUT2D eigenvalue weighted by Gasteiger charge is 2.04. The van der Waals surface area contributed by atoms with E-state index in [1.165, 1.54) is 0 Å². The van der Waals surface area contributed by atoms with E-state index in [1.807, 2.05) is 30.3 Å². The van der Waals surface area contributed by atoms with Gasteiger partial charge in [-0.1, -0.05) is 44.2 Å². The Hall–Kier alpha value is -0.960. The normalized spacial score (nSPS) is 12.1. The number of hydrazone groups is 1.